The molecule has 0 aliphatic carbocycles. The molecule has 1 atom stereocenters. The van der Waals surface area contributed by atoms with E-state index in [1.165, 1.54) is 24.1 Å². The molecule has 1 heterocycles. The fourth-order valence-electron chi connectivity index (χ4n) is 4.15. The Morgan fingerprint density at radius 3 is 2.18 bits per heavy atom. The van der Waals surface area contributed by atoms with Crippen LogP contribution in [0.5, 0.6) is 5.75 Å². The van der Waals surface area contributed by atoms with Gasteiger partial charge in [-0.3, -0.25) is 14.5 Å². The molecule has 1 N–H and O–H groups in total. The molecule has 1 fully saturated rings. The van der Waals surface area contributed by atoms with Crippen LogP contribution in [-0.4, -0.2) is 23.9 Å². The highest BCUT2D eigenvalue weighted by Gasteiger charge is 2.47. The number of aliphatic hydroxyl groups excluding tert-OH is 1. The number of hydrogen-bond donors (Lipinski definition) is 1. The molecule has 0 bridgehead atoms. The topological polar surface area (TPSA) is 66.8 Å². The minimum atomic E-state index is -0.827. The van der Waals surface area contributed by atoms with Crippen molar-refractivity contribution in [1.29, 1.82) is 0 Å². The second-order valence-corrected chi connectivity index (χ2v) is 8.66. The normalized spacial score (nSPS) is 17.5. The van der Waals surface area contributed by atoms with Crippen LogP contribution in [0.25, 0.3) is 5.76 Å². The van der Waals surface area contributed by atoms with E-state index in [9.17, 15) is 14.7 Å². The van der Waals surface area contributed by atoms with E-state index in [1.54, 1.807) is 0 Å². The molecule has 0 radical (unpaired) electrons. The first-order chi connectivity index (χ1) is 15.7. The molecule has 33 heavy (non-hydrogen) atoms. The van der Waals surface area contributed by atoms with Gasteiger partial charge in [-0.1, -0.05) is 71.2 Å². The third-order valence-corrected chi connectivity index (χ3v) is 6.21. The molecule has 0 aromatic heterocycles. The summed E-state index contributed by atoms with van der Waals surface area (Å²) >= 11 is 12.5. The number of halogens is 2. The molecule has 1 aliphatic heterocycles. The van der Waals surface area contributed by atoms with E-state index >= 15 is 0 Å². The number of anilines is 1. The second-order valence-electron chi connectivity index (χ2n) is 7.84. The van der Waals surface area contributed by atoms with Crippen LogP contribution in [0.4, 0.5) is 5.69 Å². The molecular formula is C26H21Cl2NO4. The predicted molar refractivity (Wildman–Crippen MR) is 130 cm³/mol. The van der Waals surface area contributed by atoms with Crippen LogP contribution in [-0.2, 0) is 9.59 Å². The number of hydrogen-bond acceptors (Lipinski definition) is 4. The molecule has 1 aliphatic rings. The largest absolute Gasteiger partial charge is 0.507 e. The van der Waals surface area contributed by atoms with Crippen molar-refractivity contribution < 1.29 is 19.4 Å². The van der Waals surface area contributed by atoms with Gasteiger partial charge in [0.2, 0.25) is 0 Å². The number of nitrogens with zero attached hydrogens (tertiary/aromatic N) is 1. The number of aryl methyl sites for hydroxylation is 2. The zero-order chi connectivity index (χ0) is 23.9. The number of Topliss-reactive ketones (excluding diaryl/α,β-unsaturated/α-hetero) is 1. The first kappa shape index (κ1) is 22.9. The second kappa shape index (κ2) is 8.93. The van der Waals surface area contributed by atoms with Crippen LogP contribution >= 0.6 is 23.2 Å². The number of methoxy groups -OCH3 is 1. The van der Waals surface area contributed by atoms with Gasteiger partial charge in [0.25, 0.3) is 11.7 Å². The van der Waals surface area contributed by atoms with Gasteiger partial charge < -0.3 is 9.84 Å². The summed E-state index contributed by atoms with van der Waals surface area (Å²) in [6.07, 6.45) is 0. The van der Waals surface area contributed by atoms with Crippen LogP contribution in [0.3, 0.4) is 0 Å². The van der Waals surface area contributed by atoms with Crippen LogP contribution in [0.15, 0.2) is 66.2 Å². The third-order valence-electron chi connectivity index (χ3n) is 5.65. The van der Waals surface area contributed by atoms with Gasteiger partial charge in [-0.2, -0.15) is 0 Å². The summed E-state index contributed by atoms with van der Waals surface area (Å²) in [5.41, 5.74) is 3.33. The Balaban J connectivity index is 1.97. The fourth-order valence-corrected chi connectivity index (χ4v) is 4.80. The monoisotopic (exact) mass is 481 g/mol. The number of aliphatic hydroxyl groups is 1. The zero-order valence-corrected chi connectivity index (χ0v) is 19.7. The van der Waals surface area contributed by atoms with E-state index in [2.05, 4.69) is 0 Å². The molecule has 0 spiro atoms. The van der Waals surface area contributed by atoms with Gasteiger partial charge >= 0.3 is 0 Å². The fraction of sp³-hybridized carbons (Fsp3) is 0.154. The lowest BCUT2D eigenvalue weighted by Gasteiger charge is -2.27. The average Bonchev–Trinajstić information content (AvgIpc) is 3.04. The quantitative estimate of drug-likeness (QED) is 0.271. The summed E-state index contributed by atoms with van der Waals surface area (Å²) < 4.78 is 5.17. The zero-order valence-electron chi connectivity index (χ0n) is 18.2. The molecule has 7 heteroatoms. The highest BCUT2D eigenvalue weighted by Crippen LogP contribution is 2.44. The van der Waals surface area contributed by atoms with Crippen molar-refractivity contribution in [1.82, 2.24) is 0 Å². The van der Waals surface area contributed by atoms with Gasteiger partial charge in [-0.15, -0.1) is 0 Å². The van der Waals surface area contributed by atoms with Crippen LogP contribution < -0.4 is 9.64 Å². The Morgan fingerprint density at radius 1 is 0.970 bits per heavy atom. The van der Waals surface area contributed by atoms with Gasteiger partial charge in [0, 0.05) is 11.3 Å². The van der Waals surface area contributed by atoms with Crippen molar-refractivity contribution in [2.75, 3.05) is 12.0 Å². The summed E-state index contributed by atoms with van der Waals surface area (Å²) in [6.45, 7) is 3.84. The number of ether oxygens (including phenoxy) is 1. The maximum absolute atomic E-state index is 13.3. The van der Waals surface area contributed by atoms with E-state index in [1.807, 2.05) is 62.4 Å². The highest BCUT2D eigenvalue weighted by molar-refractivity contribution is 6.52. The highest BCUT2D eigenvalue weighted by atomic mass is 35.5. The number of carbonyl (C=O) groups excluding carboxylic acids is 2. The van der Waals surface area contributed by atoms with Crippen molar-refractivity contribution in [2.24, 2.45) is 0 Å². The van der Waals surface area contributed by atoms with Crippen molar-refractivity contribution >= 4 is 46.3 Å². The Hall–Kier alpha value is -3.28. The first-order valence-electron chi connectivity index (χ1n) is 10.2. The Labute approximate surface area is 201 Å². The van der Waals surface area contributed by atoms with Crippen LogP contribution in [0, 0.1) is 13.8 Å². The van der Waals surface area contributed by atoms with Crippen molar-refractivity contribution in [3.05, 3.63) is 98.5 Å². The smallest absolute Gasteiger partial charge is 0.300 e. The minimum Gasteiger partial charge on any atom is -0.507 e. The van der Waals surface area contributed by atoms with Crippen LogP contribution in [0.2, 0.25) is 10.0 Å². The summed E-state index contributed by atoms with van der Waals surface area (Å²) in [6, 6.07) is 16.8. The SMILES string of the molecule is COc1c(Cl)cc(/C(O)=C2\C(=O)C(=O)N(c3ccc(C)cc3C)C2c2ccccc2)cc1Cl. The number of rotatable bonds is 4. The molecule has 168 valence electrons. The van der Waals surface area contributed by atoms with E-state index in [4.69, 9.17) is 27.9 Å². The van der Waals surface area contributed by atoms with Gasteiger partial charge in [0.1, 0.15) is 5.76 Å². The Morgan fingerprint density at radius 2 is 1.61 bits per heavy atom. The lowest BCUT2D eigenvalue weighted by molar-refractivity contribution is -0.132. The summed E-state index contributed by atoms with van der Waals surface area (Å²) in [5, 5.41) is 11.6. The van der Waals surface area contributed by atoms with Crippen LogP contribution in [0.1, 0.15) is 28.3 Å². The Kier molecular flexibility index (Phi) is 6.19. The third kappa shape index (κ3) is 3.99. The van der Waals surface area contributed by atoms with E-state index in [0.717, 1.165) is 11.1 Å². The van der Waals surface area contributed by atoms with Gasteiger partial charge in [-0.25, -0.2) is 0 Å². The molecule has 3 aromatic carbocycles. The van der Waals surface area contributed by atoms with Crippen molar-refractivity contribution in [3.63, 3.8) is 0 Å². The number of carbonyl (C=O) groups is 2. The number of amides is 1. The van der Waals surface area contributed by atoms with Gasteiger partial charge in [-0.05, 0) is 43.2 Å². The average molecular weight is 482 g/mol. The van der Waals surface area contributed by atoms with Gasteiger partial charge in [0.15, 0.2) is 5.75 Å². The first-order valence-corrected chi connectivity index (χ1v) is 11.0. The molecule has 5 nitrogen and oxygen atoms in total. The van der Waals surface area contributed by atoms with Crippen molar-refractivity contribution in [3.8, 4) is 5.75 Å². The molecule has 1 unspecified atom stereocenters. The maximum atomic E-state index is 13.3. The summed E-state index contributed by atoms with van der Waals surface area (Å²) in [5.74, 6) is -1.61. The van der Waals surface area contributed by atoms with E-state index in [-0.39, 0.29) is 32.7 Å². The molecule has 0 saturated carbocycles. The molecule has 1 amide bonds. The predicted octanol–water partition coefficient (Wildman–Crippen LogP) is 6.25. The molecular weight excluding hydrogens is 461 g/mol. The number of benzene rings is 3. The maximum Gasteiger partial charge on any atom is 0.300 e. The summed E-state index contributed by atoms with van der Waals surface area (Å²) in [7, 11) is 1.43. The summed E-state index contributed by atoms with van der Waals surface area (Å²) in [4.78, 5) is 28.0. The van der Waals surface area contributed by atoms with Crippen molar-refractivity contribution in [2.45, 2.75) is 19.9 Å². The lowest BCUT2D eigenvalue weighted by atomic mass is 9.95. The number of ketones is 1. The Bertz CT molecular complexity index is 1280. The standard InChI is InChI=1S/C26H21Cl2NO4/c1-14-9-10-20(15(2)11-14)29-22(16-7-5-4-6-8-16)21(24(31)26(29)32)23(30)17-12-18(27)25(33-3)19(28)13-17/h4-13,22,30H,1-3H3/b23-21+. The minimum absolute atomic E-state index is 0.0384. The molecule has 3 aromatic rings. The van der Waals surface area contributed by atoms with Gasteiger partial charge in [0.05, 0.1) is 28.8 Å². The van der Waals surface area contributed by atoms with E-state index in [0.29, 0.717) is 11.3 Å². The molecule has 1 saturated heterocycles. The van der Waals surface area contributed by atoms with E-state index < -0.39 is 17.7 Å². The lowest BCUT2D eigenvalue weighted by Crippen LogP contribution is -2.30. The molecule has 4 rings (SSSR count).